The number of alkyl halides is 9. The molecule has 50 heavy (non-hydrogen) atoms. The Bertz CT molecular complexity index is 1800. The van der Waals surface area contributed by atoms with E-state index >= 15 is 0 Å². The summed E-state index contributed by atoms with van der Waals surface area (Å²) in [6, 6.07) is 11.8. The molecule has 1 nitrogen and oxygen atoms in total. The molecule has 270 valence electrons. The Morgan fingerprint density at radius 2 is 0.980 bits per heavy atom. The highest BCUT2D eigenvalue weighted by molar-refractivity contribution is 7.80. The fourth-order valence-corrected chi connectivity index (χ4v) is 9.00. The Morgan fingerprint density at radius 1 is 0.540 bits per heavy atom. The lowest BCUT2D eigenvalue weighted by Gasteiger charge is -2.31. The summed E-state index contributed by atoms with van der Waals surface area (Å²) in [4.78, 5) is 0. The smallest absolute Gasteiger partial charge is 0.416 e. The number of halogens is 9. The van der Waals surface area contributed by atoms with Crippen LogP contribution in [0.2, 0.25) is 0 Å². The van der Waals surface area contributed by atoms with Crippen molar-refractivity contribution in [1.82, 2.24) is 0 Å². The van der Waals surface area contributed by atoms with Crippen molar-refractivity contribution in [3.05, 3.63) is 105 Å². The molecule has 0 heterocycles. The molecule has 4 rings (SSSR count). The van der Waals surface area contributed by atoms with Gasteiger partial charge in [-0.3, -0.25) is 0 Å². The van der Waals surface area contributed by atoms with Gasteiger partial charge in [-0.15, -0.1) is 0 Å². The molecule has 1 unspecified atom stereocenters. The summed E-state index contributed by atoms with van der Waals surface area (Å²) in [6.07, 6.45) is -15.2. The molecule has 0 saturated carbocycles. The summed E-state index contributed by atoms with van der Waals surface area (Å²) in [6.45, 7) is 15.2. The van der Waals surface area contributed by atoms with Gasteiger partial charge >= 0.3 is 18.5 Å². The minimum atomic E-state index is -5.18. The van der Waals surface area contributed by atoms with Crippen LogP contribution in [0.4, 0.5) is 39.5 Å². The van der Waals surface area contributed by atoms with E-state index < -0.39 is 48.4 Å². The van der Waals surface area contributed by atoms with E-state index in [1.807, 2.05) is 41.5 Å². The predicted octanol–water partition coefficient (Wildman–Crippen LogP) is 12.2. The van der Waals surface area contributed by atoms with Crippen molar-refractivity contribution >= 4 is 23.8 Å². The minimum absolute atomic E-state index is 0.0289. The molecule has 0 spiro atoms. The summed E-state index contributed by atoms with van der Waals surface area (Å²) >= 11 is 0. The zero-order valence-electron chi connectivity index (χ0n) is 29.3. The molecule has 0 amide bonds. The van der Waals surface area contributed by atoms with E-state index in [1.54, 1.807) is 19.1 Å². The first-order chi connectivity index (χ1) is 22.9. The first-order valence-electron chi connectivity index (χ1n) is 16.1. The highest BCUT2D eigenvalue weighted by Gasteiger charge is 2.40. The van der Waals surface area contributed by atoms with Crippen LogP contribution in [0.1, 0.15) is 104 Å². The third-order valence-electron chi connectivity index (χ3n) is 8.65. The van der Waals surface area contributed by atoms with Crippen molar-refractivity contribution in [2.45, 2.75) is 91.7 Å². The van der Waals surface area contributed by atoms with E-state index in [-0.39, 0.29) is 45.7 Å². The van der Waals surface area contributed by atoms with Crippen molar-refractivity contribution in [3.8, 4) is 16.9 Å². The highest BCUT2D eigenvalue weighted by atomic mass is 31.1. The van der Waals surface area contributed by atoms with Crippen LogP contribution < -0.4 is 20.7 Å². The molecule has 1 atom stereocenters. The van der Waals surface area contributed by atoms with Crippen molar-refractivity contribution in [2.24, 2.45) is 0 Å². The average Bonchev–Trinajstić information content (AvgIpc) is 2.99. The number of hydrogen-bond acceptors (Lipinski definition) is 1. The van der Waals surface area contributed by atoms with Gasteiger partial charge in [-0.25, -0.2) is 0 Å². The van der Waals surface area contributed by atoms with Crippen LogP contribution in [0.3, 0.4) is 0 Å². The van der Waals surface area contributed by atoms with E-state index in [9.17, 15) is 39.5 Å². The maximum atomic E-state index is 14.3. The maximum Gasteiger partial charge on any atom is 0.416 e. The van der Waals surface area contributed by atoms with Crippen molar-refractivity contribution in [1.29, 1.82) is 0 Å². The fourth-order valence-electron chi connectivity index (χ4n) is 6.15. The number of ether oxygens (including phenoxy) is 1. The number of aryl methyl sites for hydroxylation is 2. The summed E-state index contributed by atoms with van der Waals surface area (Å²) in [5.41, 5.74) is 0.698. The van der Waals surface area contributed by atoms with Crippen LogP contribution in [-0.2, 0) is 18.5 Å². The standard InChI is InChI=1S/C39H40F9OP/c1-20(2)25-14-31(21(3)4)35(32(15-25)22(5)6)34-24(8)10-11-33(49-9)36(34)50(29-13-23(7)12-26(17-29)37(40,41)42)30-18-27(38(43,44)45)16-28(19-30)39(46,47)48/h10-22H,1-9H3. The normalized spacial score (nSPS) is 13.5. The van der Waals surface area contributed by atoms with Gasteiger partial charge in [0.2, 0.25) is 0 Å². The molecule has 0 aliphatic heterocycles. The van der Waals surface area contributed by atoms with Crippen molar-refractivity contribution in [2.75, 3.05) is 7.11 Å². The molecule has 0 aromatic heterocycles. The molecule has 4 aromatic carbocycles. The zero-order valence-corrected chi connectivity index (χ0v) is 30.2. The van der Waals surface area contributed by atoms with Gasteiger partial charge in [-0.1, -0.05) is 65.8 Å². The lowest BCUT2D eigenvalue weighted by Crippen LogP contribution is -2.28. The average molecular weight is 727 g/mol. The van der Waals surface area contributed by atoms with Crippen molar-refractivity contribution in [3.63, 3.8) is 0 Å². The molecule has 0 saturated heterocycles. The van der Waals surface area contributed by atoms with Gasteiger partial charge in [-0.2, -0.15) is 39.5 Å². The second-order valence-electron chi connectivity index (χ2n) is 13.5. The Kier molecular flexibility index (Phi) is 11.2. The first-order valence-corrected chi connectivity index (χ1v) is 17.4. The Balaban J connectivity index is 2.34. The third kappa shape index (κ3) is 8.17. The summed E-state index contributed by atoms with van der Waals surface area (Å²) in [7, 11) is -1.22. The van der Waals surface area contributed by atoms with Crippen LogP contribution in [0.15, 0.2) is 60.7 Å². The van der Waals surface area contributed by atoms with Crippen LogP contribution in [0.5, 0.6) is 5.75 Å². The molecule has 0 fully saturated rings. The summed E-state index contributed by atoms with van der Waals surface area (Å²) in [5.74, 6) is 0.121. The predicted molar refractivity (Wildman–Crippen MR) is 184 cm³/mol. The Morgan fingerprint density at radius 3 is 1.38 bits per heavy atom. The number of methoxy groups -OCH3 is 1. The molecule has 11 heteroatoms. The molecular weight excluding hydrogens is 686 g/mol. The van der Waals surface area contributed by atoms with Gasteiger partial charge in [0.1, 0.15) is 5.75 Å². The largest absolute Gasteiger partial charge is 0.496 e. The zero-order chi connectivity index (χ0) is 37.7. The number of benzene rings is 4. The molecule has 0 radical (unpaired) electrons. The van der Waals surface area contributed by atoms with E-state index in [0.717, 1.165) is 34.4 Å². The van der Waals surface area contributed by atoms with Gasteiger partial charge < -0.3 is 4.74 Å². The fraction of sp³-hybridized carbons (Fsp3) is 0.385. The van der Waals surface area contributed by atoms with Crippen LogP contribution in [-0.4, -0.2) is 7.11 Å². The Labute approximate surface area is 288 Å². The maximum absolute atomic E-state index is 14.3. The summed E-state index contributed by atoms with van der Waals surface area (Å²) < 4.78 is 134. The topological polar surface area (TPSA) is 9.23 Å². The van der Waals surface area contributed by atoms with Gasteiger partial charge in [-0.05, 0) is 125 Å². The van der Waals surface area contributed by atoms with Gasteiger partial charge in [0.05, 0.1) is 23.8 Å². The SMILES string of the molecule is COc1ccc(C)c(-c2c(C(C)C)cc(C(C)C)cc2C(C)C)c1P(c1cc(C)cc(C(F)(F)F)c1)c1cc(C(F)(F)F)cc(C(F)(F)F)c1. The van der Waals surface area contributed by atoms with Gasteiger partial charge in [0, 0.05) is 5.30 Å². The monoisotopic (exact) mass is 726 g/mol. The number of hydrogen-bond donors (Lipinski definition) is 0. The number of rotatable bonds is 8. The quantitative estimate of drug-likeness (QED) is 0.130. The van der Waals surface area contributed by atoms with E-state index in [1.165, 1.54) is 20.1 Å². The molecule has 0 aliphatic rings. The molecular formula is C39H40F9OP. The second-order valence-corrected chi connectivity index (χ2v) is 15.7. The minimum Gasteiger partial charge on any atom is -0.496 e. The summed E-state index contributed by atoms with van der Waals surface area (Å²) in [5, 5.41) is -0.252. The molecule has 0 bridgehead atoms. The van der Waals surface area contributed by atoms with E-state index in [0.29, 0.717) is 23.3 Å². The molecule has 4 aromatic rings. The van der Waals surface area contributed by atoms with E-state index in [2.05, 4.69) is 12.1 Å². The third-order valence-corrected chi connectivity index (χ3v) is 11.1. The van der Waals surface area contributed by atoms with Crippen LogP contribution in [0.25, 0.3) is 11.1 Å². The lowest BCUT2D eigenvalue weighted by atomic mass is 9.80. The van der Waals surface area contributed by atoms with E-state index in [4.69, 9.17) is 4.74 Å². The van der Waals surface area contributed by atoms with Crippen molar-refractivity contribution < 1.29 is 44.3 Å². The lowest BCUT2D eigenvalue weighted by molar-refractivity contribution is -0.143. The van der Waals surface area contributed by atoms with Crippen LogP contribution >= 0.6 is 7.92 Å². The Hall–Kier alpha value is -3.52. The highest BCUT2D eigenvalue weighted by Crippen LogP contribution is 2.49. The molecule has 0 aliphatic carbocycles. The van der Waals surface area contributed by atoms with Gasteiger partial charge in [0.15, 0.2) is 0 Å². The van der Waals surface area contributed by atoms with Crippen LogP contribution in [0, 0.1) is 13.8 Å². The van der Waals surface area contributed by atoms with Gasteiger partial charge in [0.25, 0.3) is 0 Å². The molecule has 0 N–H and O–H groups in total. The second kappa shape index (κ2) is 14.2. The first kappa shape index (κ1) is 39.3.